The first-order valence-electron chi connectivity index (χ1n) is 8.40. The first-order chi connectivity index (χ1) is 12.2. The third-order valence-corrected chi connectivity index (χ3v) is 4.29. The van der Waals surface area contributed by atoms with E-state index in [0.717, 1.165) is 12.8 Å². The number of halogens is 1. The van der Waals surface area contributed by atoms with Gasteiger partial charge in [0.2, 0.25) is 0 Å². The summed E-state index contributed by atoms with van der Waals surface area (Å²) in [7, 11) is 0. The van der Waals surface area contributed by atoms with Crippen molar-refractivity contribution in [1.82, 2.24) is 9.88 Å². The Balaban J connectivity index is 1.58. The Hall–Kier alpha value is -2.47. The molecule has 0 saturated carbocycles. The van der Waals surface area contributed by atoms with Crippen LogP contribution in [0.25, 0.3) is 0 Å². The van der Waals surface area contributed by atoms with Gasteiger partial charge >= 0.3 is 0 Å². The Bertz CT molecular complexity index is 721. The number of aliphatic hydroxyl groups excluding tert-OH is 1. The second kappa shape index (κ2) is 8.07. The van der Waals surface area contributed by atoms with Crippen LogP contribution in [0.3, 0.4) is 0 Å². The van der Waals surface area contributed by atoms with Crippen molar-refractivity contribution < 1.29 is 19.0 Å². The largest absolute Gasteiger partial charge is 0.493 e. The number of carbonyl (C=O) groups excluding carboxylic acids is 1. The molecule has 2 heterocycles. The molecule has 1 aliphatic rings. The minimum atomic E-state index is -0.292. The van der Waals surface area contributed by atoms with Crippen molar-refractivity contribution in [2.45, 2.75) is 19.4 Å². The van der Waals surface area contributed by atoms with Crippen LogP contribution in [0, 0.1) is 11.7 Å². The molecule has 25 heavy (non-hydrogen) atoms. The molecule has 1 fully saturated rings. The number of aromatic nitrogens is 1. The number of carbonyl (C=O) groups is 1. The molecular weight excluding hydrogens is 323 g/mol. The Morgan fingerprint density at radius 1 is 1.28 bits per heavy atom. The lowest BCUT2D eigenvalue weighted by atomic mass is 9.98. The molecule has 2 aromatic rings. The van der Waals surface area contributed by atoms with Crippen LogP contribution in [0.15, 0.2) is 42.5 Å². The number of benzene rings is 1. The number of aliphatic hydroxyl groups is 1. The van der Waals surface area contributed by atoms with Gasteiger partial charge in [-0.15, -0.1) is 0 Å². The molecule has 0 radical (unpaired) electrons. The summed E-state index contributed by atoms with van der Waals surface area (Å²) in [6, 6.07) is 11.0. The molecule has 132 valence electrons. The molecule has 1 unspecified atom stereocenters. The highest BCUT2D eigenvalue weighted by Gasteiger charge is 2.25. The van der Waals surface area contributed by atoms with Gasteiger partial charge in [0.25, 0.3) is 5.91 Å². The van der Waals surface area contributed by atoms with E-state index in [1.807, 2.05) is 0 Å². The zero-order valence-corrected chi connectivity index (χ0v) is 13.9. The molecule has 0 bridgehead atoms. The summed E-state index contributed by atoms with van der Waals surface area (Å²) >= 11 is 0. The lowest BCUT2D eigenvalue weighted by Crippen LogP contribution is -2.42. The molecule has 5 nitrogen and oxygen atoms in total. The third kappa shape index (κ3) is 4.54. The predicted molar refractivity (Wildman–Crippen MR) is 90.7 cm³/mol. The van der Waals surface area contributed by atoms with Crippen molar-refractivity contribution in [2.75, 3.05) is 19.7 Å². The van der Waals surface area contributed by atoms with Gasteiger partial charge in [-0.2, -0.15) is 0 Å². The number of nitrogens with zero attached hydrogens (tertiary/aromatic N) is 2. The summed E-state index contributed by atoms with van der Waals surface area (Å²) in [5, 5.41) is 9.16. The van der Waals surface area contributed by atoms with Crippen LogP contribution >= 0.6 is 0 Å². The molecule has 1 saturated heterocycles. The number of piperidine rings is 1. The van der Waals surface area contributed by atoms with Crippen molar-refractivity contribution >= 4 is 5.91 Å². The molecule has 1 atom stereocenters. The van der Waals surface area contributed by atoms with E-state index in [4.69, 9.17) is 9.84 Å². The highest BCUT2D eigenvalue weighted by atomic mass is 19.1. The monoisotopic (exact) mass is 344 g/mol. The normalized spacial score (nSPS) is 17.4. The summed E-state index contributed by atoms with van der Waals surface area (Å²) in [4.78, 5) is 18.6. The fraction of sp³-hybridized carbons (Fsp3) is 0.368. The summed E-state index contributed by atoms with van der Waals surface area (Å²) in [6.45, 7) is 1.59. The summed E-state index contributed by atoms with van der Waals surface area (Å²) in [5.41, 5.74) is 0.839. The molecule has 1 aromatic heterocycles. The number of hydrogen-bond donors (Lipinski definition) is 1. The van der Waals surface area contributed by atoms with E-state index in [2.05, 4.69) is 4.98 Å². The van der Waals surface area contributed by atoms with E-state index in [9.17, 15) is 9.18 Å². The molecule has 1 N–H and O–H groups in total. The van der Waals surface area contributed by atoms with Crippen LogP contribution in [0.5, 0.6) is 5.75 Å². The van der Waals surface area contributed by atoms with Gasteiger partial charge < -0.3 is 14.7 Å². The van der Waals surface area contributed by atoms with Gasteiger partial charge in [0.15, 0.2) is 0 Å². The van der Waals surface area contributed by atoms with Crippen molar-refractivity contribution in [3.8, 4) is 5.75 Å². The van der Waals surface area contributed by atoms with Crippen LogP contribution in [-0.2, 0) is 6.61 Å². The summed E-state index contributed by atoms with van der Waals surface area (Å²) in [5.74, 6) is 0.437. The second-order valence-electron chi connectivity index (χ2n) is 6.20. The van der Waals surface area contributed by atoms with E-state index in [1.54, 1.807) is 35.2 Å². The maximum atomic E-state index is 12.9. The Labute approximate surface area is 146 Å². The topological polar surface area (TPSA) is 62.7 Å². The molecule has 1 aliphatic heterocycles. The van der Waals surface area contributed by atoms with Gasteiger partial charge in [0.05, 0.1) is 18.9 Å². The predicted octanol–water partition coefficient (Wildman–Crippen LogP) is 2.64. The zero-order chi connectivity index (χ0) is 17.6. The third-order valence-electron chi connectivity index (χ3n) is 4.29. The number of pyridine rings is 1. The lowest BCUT2D eigenvalue weighted by molar-refractivity contribution is 0.0627. The minimum Gasteiger partial charge on any atom is -0.493 e. The second-order valence-corrected chi connectivity index (χ2v) is 6.20. The Morgan fingerprint density at radius 2 is 2.08 bits per heavy atom. The fourth-order valence-corrected chi connectivity index (χ4v) is 2.98. The first-order valence-corrected chi connectivity index (χ1v) is 8.40. The van der Waals surface area contributed by atoms with Crippen molar-refractivity contribution in [3.05, 3.63) is 59.7 Å². The molecule has 3 rings (SSSR count). The smallest absolute Gasteiger partial charge is 0.272 e. The molecular formula is C19H21FN2O3. The summed E-state index contributed by atoms with van der Waals surface area (Å²) in [6.07, 6.45) is 1.89. The number of rotatable bonds is 5. The van der Waals surface area contributed by atoms with Gasteiger partial charge in [-0.05, 0) is 49.2 Å². The average molecular weight is 344 g/mol. The average Bonchev–Trinajstić information content (AvgIpc) is 2.67. The van der Waals surface area contributed by atoms with Crippen molar-refractivity contribution in [1.29, 1.82) is 0 Å². The molecule has 0 aliphatic carbocycles. The zero-order valence-electron chi connectivity index (χ0n) is 13.9. The first kappa shape index (κ1) is 17.4. The Morgan fingerprint density at radius 3 is 2.84 bits per heavy atom. The van der Waals surface area contributed by atoms with Gasteiger partial charge in [-0.25, -0.2) is 9.37 Å². The Kier molecular flexibility index (Phi) is 5.60. The maximum Gasteiger partial charge on any atom is 0.272 e. The fourth-order valence-electron chi connectivity index (χ4n) is 2.98. The molecule has 1 amide bonds. The minimum absolute atomic E-state index is 0.123. The number of likely N-dealkylation sites (tertiary alicyclic amines) is 1. The van der Waals surface area contributed by atoms with Gasteiger partial charge in [0, 0.05) is 19.0 Å². The van der Waals surface area contributed by atoms with E-state index >= 15 is 0 Å². The standard InChI is InChI=1S/C19H21FN2O3/c20-15-6-8-17(9-7-15)25-13-14-3-2-10-22(11-14)19(24)18-5-1-4-16(12-23)21-18/h1,4-9,14,23H,2-3,10-13H2. The number of hydrogen-bond acceptors (Lipinski definition) is 4. The van der Waals surface area contributed by atoms with Crippen LogP contribution in [0.1, 0.15) is 29.0 Å². The van der Waals surface area contributed by atoms with Crippen molar-refractivity contribution in [3.63, 3.8) is 0 Å². The highest BCUT2D eigenvalue weighted by molar-refractivity contribution is 5.92. The van der Waals surface area contributed by atoms with E-state index < -0.39 is 0 Å². The molecule has 0 spiro atoms. The van der Waals surface area contributed by atoms with Gasteiger partial charge in [-0.1, -0.05) is 6.07 Å². The maximum absolute atomic E-state index is 12.9. The lowest BCUT2D eigenvalue weighted by Gasteiger charge is -2.32. The van der Waals surface area contributed by atoms with E-state index in [1.165, 1.54) is 12.1 Å². The number of ether oxygens (including phenoxy) is 1. The molecule has 6 heteroatoms. The van der Waals surface area contributed by atoms with Crippen LogP contribution < -0.4 is 4.74 Å². The SMILES string of the molecule is O=C(c1cccc(CO)n1)N1CCCC(COc2ccc(F)cc2)C1. The number of amides is 1. The summed E-state index contributed by atoms with van der Waals surface area (Å²) < 4.78 is 18.6. The van der Waals surface area contributed by atoms with Crippen molar-refractivity contribution in [2.24, 2.45) is 5.92 Å². The quantitative estimate of drug-likeness (QED) is 0.906. The van der Waals surface area contributed by atoms with Crippen LogP contribution in [0.4, 0.5) is 4.39 Å². The highest BCUT2D eigenvalue weighted by Crippen LogP contribution is 2.20. The van der Waals surface area contributed by atoms with Crippen LogP contribution in [-0.4, -0.2) is 40.6 Å². The van der Waals surface area contributed by atoms with E-state index in [0.29, 0.717) is 36.8 Å². The molecule has 1 aromatic carbocycles. The van der Waals surface area contributed by atoms with E-state index in [-0.39, 0.29) is 24.2 Å². The van der Waals surface area contributed by atoms with Gasteiger partial charge in [0.1, 0.15) is 17.3 Å². The van der Waals surface area contributed by atoms with Crippen LogP contribution in [0.2, 0.25) is 0 Å². The van der Waals surface area contributed by atoms with Gasteiger partial charge in [-0.3, -0.25) is 4.79 Å².